The van der Waals surface area contributed by atoms with E-state index in [4.69, 9.17) is 17.3 Å². The minimum atomic E-state index is -0.390. The van der Waals surface area contributed by atoms with Gasteiger partial charge in [0.05, 0.1) is 17.9 Å². The fraction of sp³-hybridized carbons (Fsp3) is 0.0833. The predicted molar refractivity (Wildman–Crippen MR) is 61.7 cm³/mol. The van der Waals surface area contributed by atoms with Gasteiger partial charge >= 0.3 is 0 Å². The maximum absolute atomic E-state index is 12.7. The van der Waals surface area contributed by atoms with Crippen LogP contribution >= 0.6 is 11.6 Å². The second kappa shape index (κ2) is 4.60. The smallest absolute Gasteiger partial charge is 0.141 e. The van der Waals surface area contributed by atoms with E-state index in [1.807, 2.05) is 12.1 Å². The molecule has 0 fully saturated rings. The molecule has 0 aliphatic heterocycles. The first kappa shape index (κ1) is 11.0. The zero-order valence-electron chi connectivity index (χ0n) is 8.40. The molecular formula is C12H10ClFN2. The van der Waals surface area contributed by atoms with Gasteiger partial charge in [-0.3, -0.25) is 4.98 Å². The number of halogens is 2. The van der Waals surface area contributed by atoms with Crippen LogP contribution in [0.2, 0.25) is 5.02 Å². The van der Waals surface area contributed by atoms with Crippen molar-refractivity contribution in [1.29, 1.82) is 0 Å². The Bertz CT molecular complexity index is 485. The maximum atomic E-state index is 12.7. The molecule has 82 valence electrons. The molecule has 0 spiro atoms. The number of hydrogen-bond donors (Lipinski definition) is 1. The fourth-order valence-corrected chi connectivity index (χ4v) is 1.64. The third-order valence-electron chi connectivity index (χ3n) is 2.28. The topological polar surface area (TPSA) is 38.9 Å². The molecule has 2 N–H and O–H groups in total. The van der Waals surface area contributed by atoms with Crippen molar-refractivity contribution in [3.05, 3.63) is 64.7 Å². The maximum Gasteiger partial charge on any atom is 0.141 e. The van der Waals surface area contributed by atoms with Gasteiger partial charge in [-0.1, -0.05) is 23.7 Å². The van der Waals surface area contributed by atoms with Crippen molar-refractivity contribution in [1.82, 2.24) is 4.98 Å². The molecule has 0 aliphatic rings. The first-order valence-electron chi connectivity index (χ1n) is 4.79. The summed E-state index contributed by atoms with van der Waals surface area (Å²) in [5.41, 5.74) is 7.46. The molecular weight excluding hydrogens is 227 g/mol. The summed E-state index contributed by atoms with van der Waals surface area (Å²) in [6, 6.07) is 9.75. The van der Waals surface area contributed by atoms with E-state index < -0.39 is 0 Å². The van der Waals surface area contributed by atoms with Crippen LogP contribution < -0.4 is 5.73 Å². The van der Waals surface area contributed by atoms with E-state index in [0.717, 1.165) is 11.8 Å². The van der Waals surface area contributed by atoms with Gasteiger partial charge in [-0.25, -0.2) is 4.39 Å². The van der Waals surface area contributed by atoms with Crippen molar-refractivity contribution in [3.8, 4) is 0 Å². The van der Waals surface area contributed by atoms with Gasteiger partial charge in [-0.2, -0.15) is 0 Å². The van der Waals surface area contributed by atoms with Crippen LogP contribution in [0.5, 0.6) is 0 Å². The van der Waals surface area contributed by atoms with E-state index in [9.17, 15) is 4.39 Å². The van der Waals surface area contributed by atoms with Crippen molar-refractivity contribution >= 4 is 11.6 Å². The van der Waals surface area contributed by atoms with Crippen molar-refractivity contribution < 1.29 is 4.39 Å². The molecule has 0 aliphatic carbocycles. The van der Waals surface area contributed by atoms with E-state index in [1.54, 1.807) is 18.2 Å². The van der Waals surface area contributed by atoms with Crippen LogP contribution in [0.3, 0.4) is 0 Å². The highest BCUT2D eigenvalue weighted by Crippen LogP contribution is 2.20. The number of nitrogens with two attached hydrogens (primary N) is 1. The molecule has 2 rings (SSSR count). The lowest BCUT2D eigenvalue weighted by molar-refractivity contribution is 0.617. The van der Waals surface area contributed by atoms with Crippen LogP contribution in [0.1, 0.15) is 17.3 Å². The zero-order chi connectivity index (χ0) is 11.5. The molecule has 1 aromatic carbocycles. The molecule has 1 atom stereocenters. The molecule has 2 nitrogen and oxygen atoms in total. The molecule has 4 heteroatoms. The van der Waals surface area contributed by atoms with Gasteiger partial charge in [0.2, 0.25) is 0 Å². The number of nitrogens with zero attached hydrogens (tertiary/aromatic N) is 1. The summed E-state index contributed by atoms with van der Waals surface area (Å²) in [6.07, 6.45) is 1.15. The number of benzene rings is 1. The van der Waals surface area contributed by atoms with Crippen LogP contribution in [-0.4, -0.2) is 4.98 Å². The van der Waals surface area contributed by atoms with Crippen LogP contribution in [0.25, 0.3) is 0 Å². The van der Waals surface area contributed by atoms with Gasteiger partial charge in [0.15, 0.2) is 0 Å². The Morgan fingerprint density at radius 3 is 2.69 bits per heavy atom. The second-order valence-electron chi connectivity index (χ2n) is 3.43. The first-order valence-corrected chi connectivity index (χ1v) is 5.17. The van der Waals surface area contributed by atoms with Crippen LogP contribution in [0, 0.1) is 5.82 Å². The summed E-state index contributed by atoms with van der Waals surface area (Å²) in [5, 5.41) is 0.620. The highest BCUT2D eigenvalue weighted by molar-refractivity contribution is 6.30. The molecule has 0 saturated heterocycles. The van der Waals surface area contributed by atoms with E-state index in [1.165, 1.54) is 6.07 Å². The van der Waals surface area contributed by atoms with Gasteiger partial charge in [0.25, 0.3) is 0 Å². The third-order valence-corrected chi connectivity index (χ3v) is 2.51. The number of hydrogen-bond acceptors (Lipinski definition) is 2. The first-order chi connectivity index (χ1) is 7.66. The molecule has 0 radical (unpaired) electrons. The van der Waals surface area contributed by atoms with Crippen molar-refractivity contribution in [2.45, 2.75) is 6.04 Å². The third kappa shape index (κ3) is 2.38. The van der Waals surface area contributed by atoms with Crippen molar-refractivity contribution in [2.75, 3.05) is 0 Å². The molecule has 0 amide bonds. The Labute approximate surface area is 97.9 Å². The second-order valence-corrected chi connectivity index (χ2v) is 3.87. The quantitative estimate of drug-likeness (QED) is 0.871. The zero-order valence-corrected chi connectivity index (χ0v) is 9.16. The van der Waals surface area contributed by atoms with E-state index in [2.05, 4.69) is 4.98 Å². The van der Waals surface area contributed by atoms with Gasteiger partial charge in [-0.05, 0) is 29.8 Å². The van der Waals surface area contributed by atoms with E-state index in [-0.39, 0.29) is 11.9 Å². The summed E-state index contributed by atoms with van der Waals surface area (Å²) >= 11 is 5.87. The monoisotopic (exact) mass is 236 g/mol. The molecule has 16 heavy (non-hydrogen) atoms. The van der Waals surface area contributed by atoms with Crippen molar-refractivity contribution in [2.24, 2.45) is 5.73 Å². The Morgan fingerprint density at radius 1 is 1.25 bits per heavy atom. The largest absolute Gasteiger partial charge is 0.319 e. The molecule has 1 unspecified atom stereocenters. The molecule has 1 aromatic heterocycles. The summed E-state index contributed by atoms with van der Waals surface area (Å²) in [6.45, 7) is 0. The van der Waals surface area contributed by atoms with Crippen LogP contribution in [0.4, 0.5) is 4.39 Å². The lowest BCUT2D eigenvalue weighted by Crippen LogP contribution is -2.13. The number of aromatic nitrogens is 1. The average molecular weight is 237 g/mol. The van der Waals surface area contributed by atoms with Gasteiger partial charge in [0.1, 0.15) is 5.82 Å². The normalized spacial score (nSPS) is 12.4. The summed E-state index contributed by atoms with van der Waals surface area (Å²) in [4.78, 5) is 3.94. The van der Waals surface area contributed by atoms with Crippen molar-refractivity contribution in [3.63, 3.8) is 0 Å². The summed E-state index contributed by atoms with van der Waals surface area (Å²) in [5.74, 6) is -0.373. The lowest BCUT2D eigenvalue weighted by Gasteiger charge is -2.11. The van der Waals surface area contributed by atoms with E-state index >= 15 is 0 Å². The Kier molecular flexibility index (Phi) is 3.17. The highest BCUT2D eigenvalue weighted by Gasteiger charge is 2.10. The number of pyridine rings is 1. The average Bonchev–Trinajstić information content (AvgIpc) is 2.29. The minimum absolute atomic E-state index is 0.373. The van der Waals surface area contributed by atoms with Gasteiger partial charge in [0, 0.05) is 5.02 Å². The molecule has 2 aromatic rings. The summed E-state index contributed by atoms with van der Waals surface area (Å²) < 4.78 is 12.7. The lowest BCUT2D eigenvalue weighted by atomic mass is 10.0. The predicted octanol–water partition coefficient (Wildman–Crippen LogP) is 2.92. The highest BCUT2D eigenvalue weighted by atomic mass is 35.5. The molecule has 0 saturated carbocycles. The Balaban J connectivity index is 2.31. The standard InChI is InChI=1S/C12H10ClFN2/c13-9-3-1-2-8(6-9)12(15)11-5-4-10(14)7-16-11/h1-7,12H,15H2. The van der Waals surface area contributed by atoms with Gasteiger partial charge < -0.3 is 5.73 Å². The fourth-order valence-electron chi connectivity index (χ4n) is 1.44. The SMILES string of the molecule is NC(c1cccc(Cl)c1)c1ccc(F)cn1. The van der Waals surface area contributed by atoms with Crippen LogP contribution in [-0.2, 0) is 0 Å². The molecule has 1 heterocycles. The molecule has 0 bridgehead atoms. The van der Waals surface area contributed by atoms with Gasteiger partial charge in [-0.15, -0.1) is 0 Å². The Morgan fingerprint density at radius 2 is 2.06 bits per heavy atom. The van der Waals surface area contributed by atoms with E-state index in [0.29, 0.717) is 10.7 Å². The number of rotatable bonds is 2. The Hall–Kier alpha value is -1.45. The van der Waals surface area contributed by atoms with Crippen LogP contribution in [0.15, 0.2) is 42.6 Å². The minimum Gasteiger partial charge on any atom is -0.319 e. The summed E-state index contributed by atoms with van der Waals surface area (Å²) in [7, 11) is 0.